The smallest absolute Gasteiger partial charge is 0.240 e. The lowest BCUT2D eigenvalue weighted by molar-refractivity contribution is -0.117. The average Bonchev–Trinajstić information content (AvgIpc) is 2.47. The molecule has 1 aliphatic rings. The first-order chi connectivity index (χ1) is 11.2. The van der Waals surface area contributed by atoms with Crippen molar-refractivity contribution in [2.75, 3.05) is 31.6 Å². The summed E-state index contributed by atoms with van der Waals surface area (Å²) in [6.07, 6.45) is 1.33. The van der Waals surface area contributed by atoms with Gasteiger partial charge in [0.05, 0.1) is 4.32 Å². The van der Waals surface area contributed by atoms with Crippen molar-refractivity contribution in [3.63, 3.8) is 0 Å². The Morgan fingerprint density at radius 1 is 1.25 bits per heavy atom. The number of nitrogens with zero attached hydrogens (tertiary/aromatic N) is 1. The first kappa shape index (κ1) is 19.3. The number of carbonyl (C=O) groups is 1. The molecule has 24 heavy (non-hydrogen) atoms. The second kappa shape index (κ2) is 8.34. The number of halogens is 1. The Morgan fingerprint density at radius 3 is 2.38 bits per heavy atom. The van der Waals surface area contributed by atoms with Gasteiger partial charge in [-0.05, 0) is 56.4 Å². The number of likely N-dealkylation sites (tertiary alicyclic amines) is 1. The van der Waals surface area contributed by atoms with Gasteiger partial charge in [-0.1, -0.05) is 29.8 Å². The molecule has 1 N–H and O–H groups in total. The molecule has 134 valence electrons. The van der Waals surface area contributed by atoms with Crippen molar-refractivity contribution in [2.45, 2.75) is 38.4 Å². The van der Waals surface area contributed by atoms with Crippen LogP contribution in [0.5, 0.6) is 5.75 Å². The monoisotopic (exact) mass is 396 g/mol. The maximum Gasteiger partial charge on any atom is 0.240 e. The summed E-state index contributed by atoms with van der Waals surface area (Å²) in [6.45, 7) is 12.3. The van der Waals surface area contributed by atoms with E-state index in [0.717, 1.165) is 29.8 Å². The third-order valence-corrected chi connectivity index (χ3v) is 4.63. The molecular weight excluding hydrogens is 368 g/mol. The number of benzene rings is 1. The van der Waals surface area contributed by atoms with E-state index in [1.54, 1.807) is 0 Å². The molecule has 1 aliphatic heterocycles. The molecule has 0 radical (unpaired) electrons. The number of ether oxygens (including phenoxy) is 1. The molecule has 0 bridgehead atoms. The van der Waals surface area contributed by atoms with Crippen molar-refractivity contribution in [3.8, 4) is 5.75 Å². The number of alkyl halides is 1. The molecule has 0 aliphatic carbocycles. The Morgan fingerprint density at radius 2 is 1.83 bits per heavy atom. The number of anilines is 1. The van der Waals surface area contributed by atoms with Crippen LogP contribution in [-0.2, 0) is 4.79 Å². The van der Waals surface area contributed by atoms with Gasteiger partial charge >= 0.3 is 0 Å². The SMILES string of the molecule is CC1CC(C)CN(CCOc2ccc(NC(=O)C(C)(C)Br)cc2)C1. The minimum absolute atomic E-state index is 0.0653. The van der Waals surface area contributed by atoms with Gasteiger partial charge in [0.2, 0.25) is 5.91 Å². The summed E-state index contributed by atoms with van der Waals surface area (Å²) in [5, 5.41) is 2.88. The van der Waals surface area contributed by atoms with E-state index >= 15 is 0 Å². The molecule has 1 aromatic carbocycles. The van der Waals surface area contributed by atoms with E-state index in [4.69, 9.17) is 4.74 Å². The van der Waals surface area contributed by atoms with E-state index in [-0.39, 0.29) is 5.91 Å². The van der Waals surface area contributed by atoms with Crippen LogP contribution in [0.1, 0.15) is 34.1 Å². The molecule has 2 unspecified atom stereocenters. The molecule has 2 atom stereocenters. The predicted molar refractivity (Wildman–Crippen MR) is 103 cm³/mol. The second-order valence-electron chi connectivity index (χ2n) is 7.51. The highest BCUT2D eigenvalue weighted by Crippen LogP contribution is 2.22. The molecule has 5 heteroatoms. The lowest BCUT2D eigenvalue weighted by atomic mass is 9.92. The van der Waals surface area contributed by atoms with E-state index in [9.17, 15) is 4.79 Å². The molecule has 2 rings (SSSR count). The Kier molecular flexibility index (Phi) is 6.70. The van der Waals surface area contributed by atoms with Crippen molar-refractivity contribution >= 4 is 27.5 Å². The van der Waals surface area contributed by atoms with Crippen molar-refractivity contribution in [3.05, 3.63) is 24.3 Å². The van der Waals surface area contributed by atoms with Crippen molar-refractivity contribution in [1.82, 2.24) is 4.90 Å². The van der Waals surface area contributed by atoms with Gasteiger partial charge < -0.3 is 10.1 Å². The number of amides is 1. The standard InChI is InChI=1S/C19H29BrN2O2/c1-14-11-15(2)13-22(12-14)9-10-24-17-7-5-16(6-8-17)21-18(23)19(3,4)20/h5-8,14-15H,9-13H2,1-4H3,(H,21,23). The molecule has 4 nitrogen and oxygen atoms in total. The Hall–Kier alpha value is -1.07. The maximum atomic E-state index is 11.9. The van der Waals surface area contributed by atoms with Crippen LogP contribution in [0.25, 0.3) is 0 Å². The van der Waals surface area contributed by atoms with Gasteiger partial charge in [-0.25, -0.2) is 0 Å². The van der Waals surface area contributed by atoms with Crippen molar-refractivity contribution < 1.29 is 9.53 Å². The summed E-state index contributed by atoms with van der Waals surface area (Å²) in [4.78, 5) is 14.4. The number of piperidine rings is 1. The highest BCUT2D eigenvalue weighted by atomic mass is 79.9. The van der Waals surface area contributed by atoms with E-state index < -0.39 is 4.32 Å². The Bertz CT molecular complexity index is 529. The minimum atomic E-state index is -0.578. The summed E-state index contributed by atoms with van der Waals surface area (Å²) < 4.78 is 5.26. The third kappa shape index (κ3) is 6.10. The van der Waals surface area contributed by atoms with Crippen LogP contribution in [0.15, 0.2) is 24.3 Å². The van der Waals surface area contributed by atoms with Gasteiger partial charge in [0, 0.05) is 25.3 Å². The van der Waals surface area contributed by atoms with Gasteiger partial charge in [-0.3, -0.25) is 9.69 Å². The van der Waals surface area contributed by atoms with Crippen LogP contribution in [0.3, 0.4) is 0 Å². The van der Waals surface area contributed by atoms with Gasteiger partial charge in [-0.2, -0.15) is 0 Å². The zero-order valence-electron chi connectivity index (χ0n) is 15.1. The van der Waals surface area contributed by atoms with Gasteiger partial charge in [0.25, 0.3) is 0 Å². The van der Waals surface area contributed by atoms with E-state index in [1.807, 2.05) is 38.1 Å². The quantitative estimate of drug-likeness (QED) is 0.734. The maximum absolute atomic E-state index is 11.9. The molecule has 1 saturated heterocycles. The number of hydrogen-bond acceptors (Lipinski definition) is 3. The molecule has 0 spiro atoms. The fourth-order valence-corrected chi connectivity index (χ4v) is 3.28. The van der Waals surface area contributed by atoms with Gasteiger partial charge in [0.1, 0.15) is 12.4 Å². The van der Waals surface area contributed by atoms with Crippen LogP contribution in [-0.4, -0.2) is 41.4 Å². The number of nitrogens with one attached hydrogen (secondary N) is 1. The van der Waals surface area contributed by atoms with E-state index in [1.165, 1.54) is 19.5 Å². The van der Waals surface area contributed by atoms with Crippen molar-refractivity contribution in [2.24, 2.45) is 11.8 Å². The molecular formula is C19H29BrN2O2. The lowest BCUT2D eigenvalue weighted by Gasteiger charge is -2.34. The van der Waals surface area contributed by atoms with E-state index in [2.05, 4.69) is 40.0 Å². The second-order valence-corrected chi connectivity index (χ2v) is 9.49. The largest absolute Gasteiger partial charge is 0.492 e. The summed E-state index contributed by atoms with van der Waals surface area (Å²) in [7, 11) is 0. The molecule has 1 amide bonds. The summed E-state index contributed by atoms with van der Waals surface area (Å²) in [6, 6.07) is 7.55. The Labute approximate surface area is 154 Å². The minimum Gasteiger partial charge on any atom is -0.492 e. The van der Waals surface area contributed by atoms with Crippen LogP contribution < -0.4 is 10.1 Å². The van der Waals surface area contributed by atoms with Crippen molar-refractivity contribution in [1.29, 1.82) is 0 Å². The summed E-state index contributed by atoms with van der Waals surface area (Å²) >= 11 is 3.35. The first-order valence-electron chi connectivity index (χ1n) is 8.69. The molecule has 1 heterocycles. The zero-order chi connectivity index (χ0) is 17.7. The van der Waals surface area contributed by atoms with Crippen LogP contribution in [0.2, 0.25) is 0 Å². The fraction of sp³-hybridized carbons (Fsp3) is 0.632. The van der Waals surface area contributed by atoms with Gasteiger partial charge in [0.15, 0.2) is 0 Å². The number of carbonyl (C=O) groups excluding carboxylic acids is 1. The van der Waals surface area contributed by atoms with E-state index in [0.29, 0.717) is 6.61 Å². The van der Waals surface area contributed by atoms with Crippen LogP contribution in [0.4, 0.5) is 5.69 Å². The molecule has 0 aromatic heterocycles. The zero-order valence-corrected chi connectivity index (χ0v) is 16.7. The summed E-state index contributed by atoms with van der Waals surface area (Å²) in [5.41, 5.74) is 0.776. The predicted octanol–water partition coefficient (Wildman–Crippen LogP) is 4.16. The highest BCUT2D eigenvalue weighted by Gasteiger charge is 2.23. The third-order valence-electron chi connectivity index (χ3n) is 4.27. The molecule has 1 fully saturated rings. The van der Waals surface area contributed by atoms with Crippen LogP contribution in [0, 0.1) is 11.8 Å². The molecule has 1 aromatic rings. The fourth-order valence-electron chi connectivity index (χ4n) is 3.18. The Balaban J connectivity index is 1.77. The normalized spacial score (nSPS) is 22.2. The lowest BCUT2D eigenvalue weighted by Crippen LogP contribution is -2.40. The topological polar surface area (TPSA) is 41.6 Å². The highest BCUT2D eigenvalue weighted by molar-refractivity contribution is 9.10. The first-order valence-corrected chi connectivity index (χ1v) is 9.49. The molecule has 0 saturated carbocycles. The number of rotatable bonds is 6. The van der Waals surface area contributed by atoms with Crippen LogP contribution >= 0.6 is 15.9 Å². The average molecular weight is 397 g/mol. The summed E-state index contributed by atoms with van der Waals surface area (Å²) in [5.74, 6) is 2.32. The van der Waals surface area contributed by atoms with Gasteiger partial charge in [-0.15, -0.1) is 0 Å². The number of hydrogen-bond donors (Lipinski definition) is 1.